The van der Waals surface area contributed by atoms with Gasteiger partial charge in [-0.05, 0) is 33.6 Å². The summed E-state index contributed by atoms with van der Waals surface area (Å²) in [6.45, 7) is 0. The second-order valence-electron chi connectivity index (χ2n) is 4.10. The van der Waals surface area contributed by atoms with Gasteiger partial charge in [-0.3, -0.25) is 9.97 Å². The Hall–Kier alpha value is -1.86. The molecule has 6 nitrogen and oxygen atoms in total. The van der Waals surface area contributed by atoms with Crippen molar-refractivity contribution in [2.24, 2.45) is 7.05 Å². The van der Waals surface area contributed by atoms with Crippen molar-refractivity contribution < 1.29 is 5.11 Å². The van der Waals surface area contributed by atoms with Crippen molar-refractivity contribution in [3.05, 3.63) is 46.5 Å². The van der Waals surface area contributed by atoms with Crippen LogP contribution >= 0.6 is 15.9 Å². The topological polar surface area (TPSA) is 76.7 Å². The minimum Gasteiger partial charge on any atom is -0.382 e. The van der Waals surface area contributed by atoms with Gasteiger partial charge >= 0.3 is 0 Å². The van der Waals surface area contributed by atoms with E-state index in [1.165, 1.54) is 4.68 Å². The van der Waals surface area contributed by atoms with Gasteiger partial charge in [-0.2, -0.15) is 0 Å². The first-order valence-electron chi connectivity index (χ1n) is 5.60. The molecule has 0 saturated carbocycles. The van der Waals surface area contributed by atoms with Crippen molar-refractivity contribution >= 4 is 27.0 Å². The molecule has 1 N–H and O–H groups in total. The lowest BCUT2D eigenvalue weighted by Gasteiger charge is -2.11. The molecular formula is C12H10BrN5O. The second kappa shape index (κ2) is 4.67. The molecule has 3 aromatic rings. The summed E-state index contributed by atoms with van der Waals surface area (Å²) in [6, 6.07) is 5.46. The normalized spacial score (nSPS) is 12.8. The first-order chi connectivity index (χ1) is 9.16. The molecule has 2 heterocycles. The zero-order valence-corrected chi connectivity index (χ0v) is 11.6. The molecule has 0 saturated heterocycles. The molecule has 0 bridgehead atoms. The van der Waals surface area contributed by atoms with Crippen LogP contribution in [0.3, 0.4) is 0 Å². The van der Waals surface area contributed by atoms with E-state index < -0.39 is 6.10 Å². The first kappa shape index (κ1) is 12.2. The highest BCUT2D eigenvalue weighted by molar-refractivity contribution is 9.10. The fourth-order valence-electron chi connectivity index (χ4n) is 1.94. The second-order valence-corrected chi connectivity index (χ2v) is 4.85. The Morgan fingerprint density at radius 3 is 2.63 bits per heavy atom. The average Bonchev–Trinajstić information content (AvgIpc) is 2.77. The Balaban J connectivity index is 2.09. The largest absolute Gasteiger partial charge is 0.382 e. The van der Waals surface area contributed by atoms with Gasteiger partial charge < -0.3 is 5.11 Å². The molecule has 0 aliphatic carbocycles. The molecule has 0 aliphatic rings. The van der Waals surface area contributed by atoms with Gasteiger partial charge in [0.05, 0.1) is 11.0 Å². The molecule has 2 aromatic heterocycles. The third kappa shape index (κ3) is 2.11. The molecule has 3 rings (SSSR count). The zero-order valence-electron chi connectivity index (χ0n) is 10.0. The Bertz CT molecular complexity index is 722. The molecule has 0 amide bonds. The molecule has 1 atom stereocenters. The van der Waals surface area contributed by atoms with Crippen molar-refractivity contribution in [3.8, 4) is 0 Å². The van der Waals surface area contributed by atoms with Gasteiger partial charge in [0.15, 0.2) is 4.60 Å². The molecule has 19 heavy (non-hydrogen) atoms. The van der Waals surface area contributed by atoms with Gasteiger partial charge in [-0.25, -0.2) is 4.68 Å². The van der Waals surface area contributed by atoms with Crippen LogP contribution in [0.5, 0.6) is 0 Å². The van der Waals surface area contributed by atoms with Crippen molar-refractivity contribution in [1.29, 1.82) is 0 Å². The number of aromatic nitrogens is 5. The predicted octanol–water partition coefficient (Wildman–Crippen LogP) is 1.60. The summed E-state index contributed by atoms with van der Waals surface area (Å²) in [5.41, 5.74) is 2.85. The van der Waals surface area contributed by atoms with Crippen LogP contribution in [0.15, 0.2) is 35.2 Å². The number of nitrogens with zero attached hydrogens (tertiary/aromatic N) is 5. The molecule has 96 valence electrons. The average molecular weight is 320 g/mol. The minimum atomic E-state index is -0.819. The summed E-state index contributed by atoms with van der Waals surface area (Å²) in [7, 11) is 1.73. The Morgan fingerprint density at radius 2 is 1.95 bits per heavy atom. The molecule has 7 heteroatoms. The highest BCUT2D eigenvalue weighted by Crippen LogP contribution is 2.27. The number of aryl methyl sites for hydroxylation is 1. The van der Waals surface area contributed by atoms with Crippen LogP contribution < -0.4 is 0 Å². The van der Waals surface area contributed by atoms with Gasteiger partial charge in [-0.15, -0.1) is 5.10 Å². The number of hydrogen-bond donors (Lipinski definition) is 1. The maximum atomic E-state index is 10.4. The number of halogens is 1. The third-order valence-electron chi connectivity index (χ3n) is 2.89. The van der Waals surface area contributed by atoms with Crippen LogP contribution in [0.1, 0.15) is 17.4 Å². The summed E-state index contributed by atoms with van der Waals surface area (Å²) in [5.74, 6) is 0. The van der Waals surface area contributed by atoms with Crippen LogP contribution in [-0.4, -0.2) is 30.1 Å². The molecular weight excluding hydrogens is 310 g/mol. The number of rotatable bonds is 2. The summed E-state index contributed by atoms with van der Waals surface area (Å²) >= 11 is 3.28. The van der Waals surface area contributed by atoms with Crippen molar-refractivity contribution in [1.82, 2.24) is 25.0 Å². The highest BCUT2D eigenvalue weighted by atomic mass is 79.9. The smallest absolute Gasteiger partial charge is 0.154 e. The van der Waals surface area contributed by atoms with E-state index in [1.807, 2.05) is 18.2 Å². The number of benzene rings is 1. The van der Waals surface area contributed by atoms with Crippen LogP contribution in [0.25, 0.3) is 11.0 Å². The van der Waals surface area contributed by atoms with Crippen molar-refractivity contribution in [2.45, 2.75) is 6.10 Å². The molecule has 0 fully saturated rings. The summed E-state index contributed by atoms with van der Waals surface area (Å²) in [6.07, 6.45) is 2.45. The molecule has 1 aromatic carbocycles. The fourth-order valence-corrected chi connectivity index (χ4v) is 2.48. The van der Waals surface area contributed by atoms with E-state index in [-0.39, 0.29) is 0 Å². The van der Waals surface area contributed by atoms with Crippen molar-refractivity contribution in [2.75, 3.05) is 0 Å². The van der Waals surface area contributed by atoms with Crippen LogP contribution in [-0.2, 0) is 7.05 Å². The quantitative estimate of drug-likeness (QED) is 0.776. The summed E-state index contributed by atoms with van der Waals surface area (Å²) in [4.78, 5) is 8.42. The standard InChI is InChI=1S/C12H10BrN5O/c1-18-10(12(13)16-17-18)11(19)7-2-3-8-9(6-7)15-5-4-14-8/h2-6,11,19H,1H3. The van der Waals surface area contributed by atoms with E-state index in [4.69, 9.17) is 0 Å². The zero-order chi connectivity index (χ0) is 13.4. The van der Waals surface area contributed by atoms with Crippen molar-refractivity contribution in [3.63, 3.8) is 0 Å². The molecule has 0 radical (unpaired) electrons. The number of fused-ring (bicyclic) bond motifs is 1. The lowest BCUT2D eigenvalue weighted by atomic mass is 10.1. The van der Waals surface area contributed by atoms with Crippen LogP contribution in [0, 0.1) is 0 Å². The van der Waals surface area contributed by atoms with E-state index >= 15 is 0 Å². The lowest BCUT2D eigenvalue weighted by molar-refractivity contribution is 0.209. The lowest BCUT2D eigenvalue weighted by Crippen LogP contribution is -2.07. The SMILES string of the molecule is Cn1nnc(Br)c1C(O)c1ccc2nccnc2c1. The van der Waals surface area contributed by atoms with Gasteiger partial charge in [-0.1, -0.05) is 11.3 Å². The highest BCUT2D eigenvalue weighted by Gasteiger charge is 2.19. The molecule has 0 aliphatic heterocycles. The Morgan fingerprint density at radius 1 is 1.21 bits per heavy atom. The maximum Gasteiger partial charge on any atom is 0.154 e. The van der Waals surface area contributed by atoms with E-state index in [0.717, 1.165) is 16.6 Å². The van der Waals surface area contributed by atoms with Crippen LogP contribution in [0.2, 0.25) is 0 Å². The van der Waals surface area contributed by atoms with E-state index in [0.29, 0.717) is 10.3 Å². The number of aliphatic hydroxyl groups excluding tert-OH is 1. The first-order valence-corrected chi connectivity index (χ1v) is 6.40. The maximum absolute atomic E-state index is 10.4. The Kier molecular flexibility index (Phi) is 3.00. The molecule has 0 spiro atoms. The number of hydrogen-bond acceptors (Lipinski definition) is 5. The van der Waals surface area contributed by atoms with E-state index in [1.54, 1.807) is 19.4 Å². The predicted molar refractivity (Wildman–Crippen MR) is 72.3 cm³/mol. The summed E-state index contributed by atoms with van der Waals surface area (Å²) in [5, 5.41) is 18.1. The van der Waals surface area contributed by atoms with Gasteiger partial charge in [0, 0.05) is 19.4 Å². The third-order valence-corrected chi connectivity index (χ3v) is 3.46. The van der Waals surface area contributed by atoms with Gasteiger partial charge in [0.2, 0.25) is 0 Å². The number of aliphatic hydroxyl groups is 1. The molecule has 1 unspecified atom stereocenters. The van der Waals surface area contributed by atoms with E-state index in [9.17, 15) is 5.11 Å². The minimum absolute atomic E-state index is 0.529. The van der Waals surface area contributed by atoms with Crippen LogP contribution in [0.4, 0.5) is 0 Å². The fraction of sp³-hybridized carbons (Fsp3) is 0.167. The summed E-state index contributed by atoms with van der Waals surface area (Å²) < 4.78 is 2.07. The van der Waals surface area contributed by atoms with E-state index in [2.05, 4.69) is 36.2 Å². The monoisotopic (exact) mass is 319 g/mol. The Labute approximate surface area is 117 Å². The van der Waals surface area contributed by atoms with Gasteiger partial charge in [0.1, 0.15) is 11.8 Å². The van der Waals surface area contributed by atoms with Gasteiger partial charge in [0.25, 0.3) is 0 Å².